The molecule has 1 aromatic carbocycles. The summed E-state index contributed by atoms with van der Waals surface area (Å²) in [7, 11) is 1.52. The Hall–Kier alpha value is -1.59. The van der Waals surface area contributed by atoms with Gasteiger partial charge >= 0.3 is 0 Å². The lowest BCUT2D eigenvalue weighted by Crippen LogP contribution is -2.43. The van der Waals surface area contributed by atoms with E-state index >= 15 is 0 Å². The molecule has 98 valence electrons. The Morgan fingerprint density at radius 3 is 3.00 bits per heavy atom. The van der Waals surface area contributed by atoms with Crippen LogP contribution in [0.25, 0.3) is 0 Å². The van der Waals surface area contributed by atoms with Gasteiger partial charge in [0.2, 0.25) is 0 Å². The van der Waals surface area contributed by atoms with Gasteiger partial charge in [-0.15, -0.1) is 0 Å². The summed E-state index contributed by atoms with van der Waals surface area (Å²) < 4.78 is 10.2. The van der Waals surface area contributed by atoms with Crippen molar-refractivity contribution in [2.75, 3.05) is 26.9 Å². The number of ether oxygens (including phenoxy) is 2. The lowest BCUT2D eigenvalue weighted by molar-refractivity contribution is 0.0264. The van der Waals surface area contributed by atoms with Crippen molar-refractivity contribution in [3.05, 3.63) is 29.8 Å². The fourth-order valence-corrected chi connectivity index (χ4v) is 1.91. The predicted octanol–water partition coefficient (Wildman–Crippen LogP) is 0.576. The molecule has 1 fully saturated rings. The molecule has 0 saturated carbocycles. The summed E-state index contributed by atoms with van der Waals surface area (Å²) >= 11 is 0. The van der Waals surface area contributed by atoms with Crippen LogP contribution in [0.4, 0.5) is 0 Å². The molecule has 5 nitrogen and oxygen atoms in total. The van der Waals surface area contributed by atoms with Gasteiger partial charge in [0.1, 0.15) is 11.4 Å². The van der Waals surface area contributed by atoms with E-state index in [2.05, 4.69) is 5.32 Å². The van der Waals surface area contributed by atoms with Crippen LogP contribution in [0.1, 0.15) is 16.8 Å². The molecule has 0 aliphatic carbocycles. The first-order chi connectivity index (χ1) is 8.64. The zero-order chi connectivity index (χ0) is 13.0. The van der Waals surface area contributed by atoms with Crippen molar-refractivity contribution < 1.29 is 19.4 Å². The minimum Gasteiger partial charge on any atom is -0.496 e. The molecule has 2 N–H and O–H groups in total. The van der Waals surface area contributed by atoms with Crippen LogP contribution in [0, 0.1) is 0 Å². The van der Waals surface area contributed by atoms with Gasteiger partial charge in [0.25, 0.3) is 5.91 Å². The van der Waals surface area contributed by atoms with Crippen LogP contribution in [0.3, 0.4) is 0 Å². The number of para-hydroxylation sites is 1. The SMILES string of the molecule is COc1ccccc1C(=O)NCC1(O)CCOC1. The molecule has 1 atom stereocenters. The molecule has 0 spiro atoms. The van der Waals surface area contributed by atoms with Gasteiger partial charge < -0.3 is 19.9 Å². The van der Waals surface area contributed by atoms with Crippen molar-refractivity contribution in [3.63, 3.8) is 0 Å². The van der Waals surface area contributed by atoms with Crippen molar-refractivity contribution in [2.24, 2.45) is 0 Å². The van der Waals surface area contributed by atoms with E-state index in [-0.39, 0.29) is 19.1 Å². The second-order valence-corrected chi connectivity index (χ2v) is 4.41. The second kappa shape index (κ2) is 5.37. The number of benzene rings is 1. The van der Waals surface area contributed by atoms with E-state index in [1.165, 1.54) is 7.11 Å². The van der Waals surface area contributed by atoms with Gasteiger partial charge in [-0.2, -0.15) is 0 Å². The summed E-state index contributed by atoms with van der Waals surface area (Å²) in [5.41, 5.74) is -0.486. The van der Waals surface area contributed by atoms with Crippen LogP contribution < -0.4 is 10.1 Å². The largest absolute Gasteiger partial charge is 0.496 e. The van der Waals surface area contributed by atoms with Crippen molar-refractivity contribution in [1.82, 2.24) is 5.32 Å². The number of aliphatic hydroxyl groups is 1. The summed E-state index contributed by atoms with van der Waals surface area (Å²) in [6, 6.07) is 6.98. The van der Waals surface area contributed by atoms with Crippen molar-refractivity contribution in [1.29, 1.82) is 0 Å². The van der Waals surface area contributed by atoms with Crippen LogP contribution in [-0.4, -0.2) is 43.5 Å². The second-order valence-electron chi connectivity index (χ2n) is 4.41. The number of hydrogen-bond acceptors (Lipinski definition) is 4. The van der Waals surface area contributed by atoms with Gasteiger partial charge in [0.15, 0.2) is 0 Å². The molecular formula is C13H17NO4. The summed E-state index contributed by atoms with van der Waals surface area (Å²) in [6.45, 7) is 0.976. The third kappa shape index (κ3) is 2.80. The highest BCUT2D eigenvalue weighted by molar-refractivity contribution is 5.96. The molecule has 1 saturated heterocycles. The Bertz CT molecular complexity index is 427. The Morgan fingerprint density at radius 1 is 1.56 bits per heavy atom. The maximum Gasteiger partial charge on any atom is 0.255 e. The fraction of sp³-hybridized carbons (Fsp3) is 0.462. The van der Waals surface area contributed by atoms with Gasteiger partial charge in [0.05, 0.1) is 19.3 Å². The van der Waals surface area contributed by atoms with Crippen molar-refractivity contribution >= 4 is 5.91 Å². The number of carbonyl (C=O) groups is 1. The highest BCUT2D eigenvalue weighted by Gasteiger charge is 2.32. The summed E-state index contributed by atoms with van der Waals surface area (Å²) in [5, 5.41) is 12.7. The van der Waals surface area contributed by atoms with E-state index in [1.807, 2.05) is 0 Å². The van der Waals surface area contributed by atoms with Gasteiger partial charge in [-0.05, 0) is 12.1 Å². The molecule has 18 heavy (non-hydrogen) atoms. The molecule has 2 rings (SSSR count). The molecule has 0 radical (unpaired) electrons. The normalized spacial score (nSPS) is 22.8. The van der Waals surface area contributed by atoms with E-state index in [4.69, 9.17) is 9.47 Å². The molecule has 1 heterocycles. The third-order valence-corrected chi connectivity index (χ3v) is 3.01. The van der Waals surface area contributed by atoms with E-state index in [9.17, 15) is 9.90 Å². The first-order valence-corrected chi connectivity index (χ1v) is 5.86. The number of methoxy groups -OCH3 is 1. The zero-order valence-corrected chi connectivity index (χ0v) is 10.3. The van der Waals surface area contributed by atoms with Crippen LogP contribution in [-0.2, 0) is 4.74 Å². The van der Waals surface area contributed by atoms with Gasteiger partial charge in [0, 0.05) is 19.6 Å². The van der Waals surface area contributed by atoms with Crippen LogP contribution >= 0.6 is 0 Å². The average molecular weight is 251 g/mol. The summed E-state index contributed by atoms with van der Waals surface area (Å²) in [4.78, 5) is 12.0. The molecule has 1 aliphatic heterocycles. The quantitative estimate of drug-likeness (QED) is 0.821. The average Bonchev–Trinajstić information content (AvgIpc) is 2.83. The highest BCUT2D eigenvalue weighted by Crippen LogP contribution is 2.19. The fourth-order valence-electron chi connectivity index (χ4n) is 1.91. The number of amides is 1. The molecule has 1 amide bonds. The zero-order valence-electron chi connectivity index (χ0n) is 10.3. The molecular weight excluding hydrogens is 234 g/mol. The summed E-state index contributed by atoms with van der Waals surface area (Å²) in [6.07, 6.45) is 0.541. The first-order valence-electron chi connectivity index (χ1n) is 5.86. The van der Waals surface area contributed by atoms with Crippen molar-refractivity contribution in [2.45, 2.75) is 12.0 Å². The van der Waals surface area contributed by atoms with Gasteiger partial charge in [-0.25, -0.2) is 0 Å². The van der Waals surface area contributed by atoms with Crippen LogP contribution in [0.15, 0.2) is 24.3 Å². The Morgan fingerprint density at radius 2 is 2.33 bits per heavy atom. The van der Waals surface area contributed by atoms with Gasteiger partial charge in [-0.1, -0.05) is 12.1 Å². The molecule has 5 heteroatoms. The van der Waals surface area contributed by atoms with Crippen LogP contribution in [0.5, 0.6) is 5.75 Å². The lowest BCUT2D eigenvalue weighted by Gasteiger charge is -2.20. The topological polar surface area (TPSA) is 67.8 Å². The molecule has 1 aromatic rings. The van der Waals surface area contributed by atoms with Crippen LogP contribution in [0.2, 0.25) is 0 Å². The standard InChI is InChI=1S/C13H17NO4/c1-17-11-5-3-2-4-10(11)12(15)14-8-13(16)6-7-18-9-13/h2-5,16H,6-9H2,1H3,(H,14,15). The number of rotatable bonds is 4. The lowest BCUT2D eigenvalue weighted by atomic mass is 10.0. The maximum atomic E-state index is 12.0. The molecule has 1 aliphatic rings. The minimum absolute atomic E-state index is 0.184. The first kappa shape index (κ1) is 12.9. The monoisotopic (exact) mass is 251 g/mol. The van der Waals surface area contributed by atoms with Gasteiger partial charge in [-0.3, -0.25) is 4.79 Å². The Labute approximate surface area is 106 Å². The van der Waals surface area contributed by atoms with E-state index in [0.717, 1.165) is 0 Å². The molecule has 0 aromatic heterocycles. The number of hydrogen-bond donors (Lipinski definition) is 2. The summed E-state index contributed by atoms with van der Waals surface area (Å²) in [5.74, 6) is 0.262. The number of nitrogens with one attached hydrogen (secondary N) is 1. The van der Waals surface area contributed by atoms with E-state index in [0.29, 0.717) is 24.3 Å². The van der Waals surface area contributed by atoms with E-state index < -0.39 is 5.60 Å². The third-order valence-electron chi connectivity index (χ3n) is 3.01. The predicted molar refractivity (Wildman–Crippen MR) is 65.7 cm³/mol. The smallest absolute Gasteiger partial charge is 0.255 e. The minimum atomic E-state index is -0.947. The number of carbonyl (C=O) groups excluding carboxylic acids is 1. The Balaban J connectivity index is 1.99. The van der Waals surface area contributed by atoms with Crippen molar-refractivity contribution in [3.8, 4) is 5.75 Å². The highest BCUT2D eigenvalue weighted by atomic mass is 16.5. The maximum absolute atomic E-state index is 12.0. The molecule has 0 bridgehead atoms. The van der Waals surface area contributed by atoms with E-state index in [1.54, 1.807) is 24.3 Å². The molecule has 1 unspecified atom stereocenters. The Kier molecular flexibility index (Phi) is 3.84.